The van der Waals surface area contributed by atoms with Crippen LogP contribution in [0.3, 0.4) is 0 Å². The minimum Gasteiger partial charge on any atom is -0.497 e. The summed E-state index contributed by atoms with van der Waals surface area (Å²) in [5.41, 5.74) is 3.20. The number of aromatic amines is 1. The fourth-order valence-corrected chi connectivity index (χ4v) is 4.65. The van der Waals surface area contributed by atoms with Crippen molar-refractivity contribution in [2.24, 2.45) is 0 Å². The van der Waals surface area contributed by atoms with Crippen LogP contribution in [0.4, 0.5) is 5.82 Å². The maximum Gasteiger partial charge on any atom is 0.257 e. The maximum absolute atomic E-state index is 13.1. The number of hydrogen-bond donors (Lipinski definition) is 2. The average molecular weight is 438 g/mol. The van der Waals surface area contributed by atoms with E-state index in [2.05, 4.69) is 15.3 Å². The van der Waals surface area contributed by atoms with E-state index in [-0.39, 0.29) is 17.9 Å². The lowest BCUT2D eigenvalue weighted by atomic mass is 9.86. The number of nitrogens with zero attached hydrogens (tertiary/aromatic N) is 1. The molecule has 0 fully saturated rings. The van der Waals surface area contributed by atoms with Crippen molar-refractivity contribution in [1.82, 2.24) is 9.97 Å². The van der Waals surface area contributed by atoms with E-state index in [1.54, 1.807) is 32.4 Å². The average Bonchev–Trinajstić information content (AvgIpc) is 2.77. The van der Waals surface area contributed by atoms with Gasteiger partial charge in [-0.1, -0.05) is 36.0 Å². The highest BCUT2D eigenvalue weighted by molar-refractivity contribution is 7.98. The molecule has 2 N–H and O–H groups in total. The zero-order valence-corrected chi connectivity index (χ0v) is 18.3. The van der Waals surface area contributed by atoms with Crippen LogP contribution in [0.5, 0.6) is 11.5 Å². The molecule has 1 unspecified atom stereocenters. The summed E-state index contributed by atoms with van der Waals surface area (Å²) in [6, 6.07) is 13.4. The minimum absolute atomic E-state index is 0.122. The van der Waals surface area contributed by atoms with Gasteiger partial charge in [0.05, 0.1) is 19.8 Å². The van der Waals surface area contributed by atoms with Crippen molar-refractivity contribution < 1.29 is 14.3 Å². The summed E-state index contributed by atoms with van der Waals surface area (Å²) in [5, 5.41) is 3.22. The van der Waals surface area contributed by atoms with Gasteiger partial charge in [0.25, 0.3) is 5.56 Å². The van der Waals surface area contributed by atoms with Crippen LogP contribution in [0.2, 0.25) is 0 Å². The number of nitrogens with one attached hydrogen (secondary N) is 2. The number of fused-ring (bicyclic) bond motifs is 1. The molecule has 0 saturated carbocycles. The second kappa shape index (κ2) is 8.85. The number of methoxy groups -OCH3 is 2. The van der Waals surface area contributed by atoms with Crippen LogP contribution in [-0.2, 0) is 10.5 Å². The Morgan fingerprint density at radius 3 is 2.68 bits per heavy atom. The number of amides is 1. The van der Waals surface area contributed by atoms with Gasteiger partial charge in [-0.15, -0.1) is 0 Å². The van der Waals surface area contributed by atoms with Gasteiger partial charge in [-0.25, -0.2) is 4.98 Å². The molecule has 1 atom stereocenters. The topological polar surface area (TPSA) is 93.3 Å². The molecule has 0 radical (unpaired) electrons. The number of aromatic nitrogens is 2. The number of anilines is 1. The Hall–Kier alpha value is -3.26. The van der Waals surface area contributed by atoms with Crippen molar-refractivity contribution in [3.8, 4) is 11.5 Å². The zero-order chi connectivity index (χ0) is 22.0. The molecule has 3 aromatic rings. The van der Waals surface area contributed by atoms with Gasteiger partial charge < -0.3 is 19.8 Å². The Labute approximate surface area is 184 Å². The molecule has 7 nitrogen and oxygen atoms in total. The summed E-state index contributed by atoms with van der Waals surface area (Å²) in [6.45, 7) is 2.05. The predicted molar refractivity (Wildman–Crippen MR) is 120 cm³/mol. The third-order valence-electron chi connectivity index (χ3n) is 5.37. The minimum atomic E-state index is -0.486. The van der Waals surface area contributed by atoms with Crippen LogP contribution in [0.15, 0.2) is 52.4 Å². The van der Waals surface area contributed by atoms with E-state index in [1.165, 1.54) is 17.3 Å². The van der Waals surface area contributed by atoms with Crippen molar-refractivity contribution in [3.63, 3.8) is 0 Å². The third kappa shape index (κ3) is 4.29. The van der Waals surface area contributed by atoms with Crippen molar-refractivity contribution in [2.45, 2.75) is 30.2 Å². The normalized spacial score (nSPS) is 15.2. The van der Waals surface area contributed by atoms with Gasteiger partial charge in [0.1, 0.15) is 17.3 Å². The van der Waals surface area contributed by atoms with E-state index in [9.17, 15) is 9.59 Å². The number of H-pyrrole nitrogens is 1. The highest BCUT2D eigenvalue weighted by Crippen LogP contribution is 2.40. The highest BCUT2D eigenvalue weighted by Gasteiger charge is 2.33. The number of carbonyl (C=O) groups excluding carboxylic acids is 1. The summed E-state index contributed by atoms with van der Waals surface area (Å²) in [5.74, 6) is 1.48. The summed E-state index contributed by atoms with van der Waals surface area (Å²) in [4.78, 5) is 33.0. The standard InChI is InChI=1S/C23H23N3O4S/c1-13-6-4-5-7-14(13)12-31-23-25-21-20(22(28)26-23)17(11-19(27)24-21)16-10-15(29-2)8-9-18(16)30-3/h4-10,17H,11-12H2,1-3H3,(H2,24,25,26,27,28). The molecular weight excluding hydrogens is 414 g/mol. The van der Waals surface area contributed by atoms with Crippen molar-refractivity contribution in [1.29, 1.82) is 0 Å². The molecule has 2 heterocycles. The van der Waals surface area contributed by atoms with Crippen LogP contribution in [0.25, 0.3) is 0 Å². The van der Waals surface area contributed by atoms with E-state index in [1.807, 2.05) is 31.2 Å². The molecular formula is C23H23N3O4S. The first-order valence-electron chi connectivity index (χ1n) is 9.83. The molecule has 1 aliphatic heterocycles. The summed E-state index contributed by atoms with van der Waals surface area (Å²) in [6.07, 6.45) is 0.122. The molecule has 4 rings (SSSR count). The maximum atomic E-state index is 13.1. The Bertz CT molecular complexity index is 1190. The molecule has 0 aliphatic carbocycles. The Morgan fingerprint density at radius 1 is 1.13 bits per heavy atom. The number of carbonyl (C=O) groups is 1. The SMILES string of the molecule is COc1ccc(OC)c(C2CC(=O)Nc3nc(SCc4ccccc4C)[nH]c(=O)c32)c1. The van der Waals surface area contributed by atoms with Crippen molar-refractivity contribution in [3.05, 3.63) is 75.1 Å². The molecule has 160 valence electrons. The molecule has 0 spiro atoms. The van der Waals surface area contributed by atoms with E-state index in [4.69, 9.17) is 9.47 Å². The fourth-order valence-electron chi connectivity index (χ4n) is 3.71. The second-order valence-electron chi connectivity index (χ2n) is 7.26. The number of hydrogen-bond acceptors (Lipinski definition) is 6. The smallest absolute Gasteiger partial charge is 0.257 e. The lowest BCUT2D eigenvalue weighted by molar-refractivity contribution is -0.116. The Kier molecular flexibility index (Phi) is 5.99. The lowest BCUT2D eigenvalue weighted by Crippen LogP contribution is -2.31. The van der Waals surface area contributed by atoms with Gasteiger partial charge in [0.15, 0.2) is 5.16 Å². The van der Waals surface area contributed by atoms with Crippen molar-refractivity contribution in [2.75, 3.05) is 19.5 Å². The number of ether oxygens (including phenoxy) is 2. The van der Waals surface area contributed by atoms with Gasteiger partial charge >= 0.3 is 0 Å². The number of benzene rings is 2. The molecule has 1 aromatic heterocycles. The predicted octanol–water partition coefficient (Wildman–Crippen LogP) is 3.86. The van der Waals surface area contributed by atoms with Crippen LogP contribution in [0.1, 0.15) is 34.6 Å². The lowest BCUT2D eigenvalue weighted by Gasteiger charge is -2.26. The van der Waals surface area contributed by atoms with Crippen LogP contribution >= 0.6 is 11.8 Å². The molecule has 8 heteroatoms. The number of thioether (sulfide) groups is 1. The first-order valence-corrected chi connectivity index (χ1v) is 10.8. The van der Waals surface area contributed by atoms with Gasteiger partial charge in [-0.3, -0.25) is 9.59 Å². The Morgan fingerprint density at radius 2 is 1.94 bits per heavy atom. The molecule has 1 aliphatic rings. The van der Waals surface area contributed by atoms with E-state index >= 15 is 0 Å². The summed E-state index contributed by atoms with van der Waals surface area (Å²) < 4.78 is 10.8. The van der Waals surface area contributed by atoms with E-state index in [0.717, 1.165) is 5.56 Å². The molecule has 31 heavy (non-hydrogen) atoms. The summed E-state index contributed by atoms with van der Waals surface area (Å²) in [7, 11) is 3.13. The van der Waals surface area contributed by atoms with Crippen molar-refractivity contribution >= 4 is 23.5 Å². The summed E-state index contributed by atoms with van der Waals surface area (Å²) >= 11 is 1.42. The number of aryl methyl sites for hydroxylation is 1. The zero-order valence-electron chi connectivity index (χ0n) is 17.5. The monoisotopic (exact) mass is 437 g/mol. The molecule has 2 aromatic carbocycles. The second-order valence-corrected chi connectivity index (χ2v) is 8.23. The van der Waals surface area contributed by atoms with Gasteiger partial charge in [-0.2, -0.15) is 0 Å². The largest absolute Gasteiger partial charge is 0.497 e. The quantitative estimate of drug-likeness (QED) is 0.449. The molecule has 1 amide bonds. The van der Waals surface area contributed by atoms with Crippen LogP contribution in [-0.4, -0.2) is 30.1 Å². The van der Waals surface area contributed by atoms with Gasteiger partial charge in [0, 0.05) is 23.7 Å². The van der Waals surface area contributed by atoms with E-state index in [0.29, 0.717) is 39.4 Å². The van der Waals surface area contributed by atoms with Crippen LogP contribution in [0, 0.1) is 6.92 Å². The fraction of sp³-hybridized carbons (Fsp3) is 0.261. The highest BCUT2D eigenvalue weighted by atomic mass is 32.2. The Balaban J connectivity index is 1.71. The first kappa shape index (κ1) is 21.0. The van der Waals surface area contributed by atoms with Gasteiger partial charge in [-0.05, 0) is 36.2 Å². The van der Waals surface area contributed by atoms with Crippen LogP contribution < -0.4 is 20.3 Å². The van der Waals surface area contributed by atoms with Gasteiger partial charge in [0.2, 0.25) is 5.91 Å². The first-order chi connectivity index (χ1) is 15.0. The molecule has 0 bridgehead atoms. The molecule has 0 saturated heterocycles. The third-order valence-corrected chi connectivity index (χ3v) is 6.29. The number of rotatable bonds is 6. The van der Waals surface area contributed by atoms with E-state index < -0.39 is 5.92 Å².